The Morgan fingerprint density at radius 3 is 2.46 bits per heavy atom. The molecule has 2 rings (SSSR count). The normalized spacial score (nSPS) is 9.42. The number of allylic oxidation sites excluding steroid dienone is 1. The lowest BCUT2D eigenvalue weighted by Crippen LogP contribution is -1.96. The maximum atomic E-state index is 11.4. The number of hydrogen-bond donors (Lipinski definition) is 2. The largest absolute Gasteiger partial charge is 0.326 e. The molecule has 0 radical (unpaired) electrons. The highest BCUT2D eigenvalue weighted by Crippen LogP contribution is 2.19. The number of benzene rings is 1. The van der Waals surface area contributed by atoms with E-state index in [9.17, 15) is 4.79 Å². The minimum Gasteiger partial charge on any atom is -0.326 e. The zero-order valence-corrected chi connectivity index (χ0v) is 15.6. The zero-order valence-electron chi connectivity index (χ0n) is 15.6. The lowest BCUT2D eigenvalue weighted by molar-refractivity contribution is 0.101. The molecule has 1 aromatic carbocycles. The van der Waals surface area contributed by atoms with Gasteiger partial charge in [0.25, 0.3) is 0 Å². The Bertz CT molecular complexity index is 669. The third-order valence-corrected chi connectivity index (χ3v) is 2.82. The molecule has 4 heteroatoms. The molecule has 2 N–H and O–H groups in total. The summed E-state index contributed by atoms with van der Waals surface area (Å²) in [5.74, 6) is 0.656. The summed E-state index contributed by atoms with van der Waals surface area (Å²) in [6.07, 6.45) is 5.56. The van der Waals surface area contributed by atoms with Gasteiger partial charge in [0.15, 0.2) is 5.78 Å². The first-order valence-corrected chi connectivity index (χ1v) is 8.37. The van der Waals surface area contributed by atoms with Crippen LogP contribution in [0.2, 0.25) is 0 Å². The van der Waals surface area contributed by atoms with Crippen molar-refractivity contribution < 1.29 is 4.79 Å². The van der Waals surface area contributed by atoms with Gasteiger partial charge in [-0.05, 0) is 38.1 Å². The van der Waals surface area contributed by atoms with Crippen molar-refractivity contribution in [1.82, 2.24) is 9.97 Å². The van der Waals surface area contributed by atoms with Crippen LogP contribution in [-0.4, -0.2) is 15.8 Å². The molecule has 0 unspecified atom stereocenters. The summed E-state index contributed by atoms with van der Waals surface area (Å²) in [4.78, 5) is 18.9. The number of ketones is 1. The van der Waals surface area contributed by atoms with E-state index >= 15 is 0 Å². The van der Waals surface area contributed by atoms with Crippen LogP contribution in [0.5, 0.6) is 0 Å². The second-order valence-corrected chi connectivity index (χ2v) is 4.35. The van der Waals surface area contributed by atoms with E-state index in [0.29, 0.717) is 11.5 Å². The number of imidazole rings is 1. The van der Waals surface area contributed by atoms with Crippen LogP contribution < -0.4 is 5.32 Å². The Morgan fingerprint density at radius 2 is 1.92 bits per heavy atom. The monoisotopic (exact) mass is 327 g/mol. The summed E-state index contributed by atoms with van der Waals surface area (Å²) >= 11 is 0. The number of H-pyrrole nitrogens is 1. The number of aromatic amines is 1. The fourth-order valence-corrected chi connectivity index (χ4v) is 1.86. The summed E-state index contributed by atoms with van der Waals surface area (Å²) in [7, 11) is 0. The van der Waals surface area contributed by atoms with Gasteiger partial charge in [-0.1, -0.05) is 52.5 Å². The standard InChI is InChI=1S/C16H17N3O.2C2H6/c1-4-7-15-14(5-2)18-16(19-15)17-13-9-6-8-12(10-13)11(3)20;2*1-2/h4-10H,2H2,1,3H3,(H2,17,18,19);2*1-2H3/b7-4-;;. The van der Waals surface area contributed by atoms with Crippen LogP contribution in [-0.2, 0) is 0 Å². The summed E-state index contributed by atoms with van der Waals surface area (Å²) in [6.45, 7) is 15.2. The number of anilines is 2. The van der Waals surface area contributed by atoms with Gasteiger partial charge in [0, 0.05) is 11.3 Å². The lowest BCUT2D eigenvalue weighted by Gasteiger charge is -2.04. The van der Waals surface area contributed by atoms with Crippen molar-refractivity contribution in [3.63, 3.8) is 0 Å². The van der Waals surface area contributed by atoms with Gasteiger partial charge < -0.3 is 10.3 Å². The Balaban J connectivity index is 0.00000123. The average molecular weight is 327 g/mol. The van der Waals surface area contributed by atoms with Gasteiger partial charge in [-0.15, -0.1) is 0 Å². The van der Waals surface area contributed by atoms with Crippen LogP contribution >= 0.6 is 0 Å². The van der Waals surface area contributed by atoms with Gasteiger partial charge in [-0.3, -0.25) is 4.79 Å². The first-order chi connectivity index (χ1) is 11.6. The fourth-order valence-electron chi connectivity index (χ4n) is 1.86. The second-order valence-electron chi connectivity index (χ2n) is 4.35. The quantitative estimate of drug-likeness (QED) is 0.654. The summed E-state index contributed by atoms with van der Waals surface area (Å²) < 4.78 is 0. The Hall–Kier alpha value is -2.62. The van der Waals surface area contributed by atoms with Gasteiger partial charge in [0.1, 0.15) is 0 Å². The van der Waals surface area contributed by atoms with Crippen molar-refractivity contribution in [2.45, 2.75) is 41.5 Å². The molecule has 0 saturated carbocycles. The van der Waals surface area contributed by atoms with E-state index in [1.165, 1.54) is 0 Å². The van der Waals surface area contributed by atoms with Crippen molar-refractivity contribution in [3.8, 4) is 0 Å². The fraction of sp³-hybridized carbons (Fsp3) is 0.300. The van der Waals surface area contributed by atoms with Crippen molar-refractivity contribution in [2.24, 2.45) is 0 Å². The van der Waals surface area contributed by atoms with Crippen LogP contribution in [0.25, 0.3) is 12.2 Å². The van der Waals surface area contributed by atoms with Crippen LogP contribution in [0.4, 0.5) is 11.6 Å². The SMILES string of the molecule is C=Cc1nc(Nc2cccc(C(C)=O)c2)[nH]c1/C=C\C.CC.CC. The first kappa shape index (κ1) is 21.4. The number of nitrogens with zero attached hydrogens (tertiary/aromatic N) is 1. The minimum atomic E-state index is 0.0366. The number of hydrogen-bond acceptors (Lipinski definition) is 3. The molecule has 1 heterocycles. The number of Topliss-reactive ketones (excluding diaryl/α,β-unsaturated/α-hetero) is 1. The van der Waals surface area contributed by atoms with Gasteiger partial charge in [0.2, 0.25) is 5.95 Å². The van der Waals surface area contributed by atoms with Crippen LogP contribution in [0.15, 0.2) is 36.9 Å². The molecule has 130 valence electrons. The smallest absolute Gasteiger partial charge is 0.205 e. The number of carbonyl (C=O) groups is 1. The van der Waals surface area contributed by atoms with Gasteiger partial charge in [0.05, 0.1) is 11.4 Å². The average Bonchev–Trinajstić information content (AvgIpc) is 3.00. The van der Waals surface area contributed by atoms with Crippen molar-refractivity contribution >= 4 is 29.6 Å². The molecule has 0 amide bonds. The molecule has 0 atom stereocenters. The number of nitrogens with one attached hydrogen (secondary N) is 2. The van der Waals surface area contributed by atoms with Gasteiger partial charge >= 0.3 is 0 Å². The molecule has 0 aliphatic heterocycles. The van der Waals surface area contributed by atoms with Crippen molar-refractivity contribution in [2.75, 3.05) is 5.32 Å². The zero-order chi connectivity index (χ0) is 18.5. The molecule has 0 bridgehead atoms. The number of carbonyl (C=O) groups excluding carboxylic acids is 1. The molecule has 0 aliphatic carbocycles. The van der Waals surface area contributed by atoms with Crippen LogP contribution in [0.1, 0.15) is 63.3 Å². The van der Waals surface area contributed by atoms with Crippen molar-refractivity contribution in [1.29, 1.82) is 0 Å². The molecule has 2 aromatic rings. The van der Waals surface area contributed by atoms with E-state index < -0.39 is 0 Å². The third-order valence-electron chi connectivity index (χ3n) is 2.82. The molecule has 24 heavy (non-hydrogen) atoms. The van der Waals surface area contributed by atoms with E-state index in [2.05, 4.69) is 21.9 Å². The van der Waals surface area contributed by atoms with E-state index in [-0.39, 0.29) is 5.78 Å². The second kappa shape index (κ2) is 11.9. The highest BCUT2D eigenvalue weighted by atomic mass is 16.1. The number of rotatable bonds is 5. The third kappa shape index (κ3) is 6.24. The maximum Gasteiger partial charge on any atom is 0.205 e. The summed E-state index contributed by atoms with van der Waals surface area (Å²) in [6, 6.07) is 7.31. The highest BCUT2D eigenvalue weighted by Gasteiger charge is 2.06. The van der Waals surface area contributed by atoms with E-state index in [1.807, 2.05) is 58.9 Å². The van der Waals surface area contributed by atoms with E-state index in [4.69, 9.17) is 0 Å². The topological polar surface area (TPSA) is 57.8 Å². The van der Waals surface area contributed by atoms with Gasteiger partial charge in [-0.25, -0.2) is 4.98 Å². The Labute approximate surface area is 145 Å². The maximum absolute atomic E-state index is 11.4. The molecular formula is C20H29N3O. The van der Waals surface area contributed by atoms with E-state index in [1.54, 1.807) is 25.1 Å². The van der Waals surface area contributed by atoms with Crippen LogP contribution in [0.3, 0.4) is 0 Å². The lowest BCUT2D eigenvalue weighted by atomic mass is 10.1. The molecule has 1 aromatic heterocycles. The Kier molecular flexibility index (Phi) is 10.6. The molecule has 0 spiro atoms. The molecule has 0 aliphatic rings. The summed E-state index contributed by atoms with van der Waals surface area (Å²) in [5, 5.41) is 3.15. The summed E-state index contributed by atoms with van der Waals surface area (Å²) in [5.41, 5.74) is 3.16. The molecule has 0 fully saturated rings. The predicted molar refractivity (Wildman–Crippen MR) is 106 cm³/mol. The Morgan fingerprint density at radius 1 is 1.25 bits per heavy atom. The highest BCUT2D eigenvalue weighted by molar-refractivity contribution is 5.95. The molecular weight excluding hydrogens is 298 g/mol. The molecule has 0 saturated heterocycles. The molecule has 4 nitrogen and oxygen atoms in total. The van der Waals surface area contributed by atoms with Crippen molar-refractivity contribution in [3.05, 3.63) is 53.9 Å². The number of aromatic nitrogens is 2. The van der Waals surface area contributed by atoms with E-state index in [0.717, 1.165) is 17.1 Å². The van der Waals surface area contributed by atoms with Gasteiger partial charge in [-0.2, -0.15) is 0 Å². The minimum absolute atomic E-state index is 0.0366. The predicted octanol–water partition coefficient (Wildman–Crippen LogP) is 6.08. The van der Waals surface area contributed by atoms with Crippen LogP contribution in [0, 0.1) is 0 Å². The first-order valence-electron chi connectivity index (χ1n) is 8.37.